The van der Waals surface area contributed by atoms with E-state index in [1.54, 1.807) is 25.5 Å². The Morgan fingerprint density at radius 2 is 1.87 bits per heavy atom. The first kappa shape index (κ1) is 22.3. The van der Waals surface area contributed by atoms with Crippen molar-refractivity contribution in [2.75, 3.05) is 23.7 Å². The number of carbonyl (C=O) groups is 1. The van der Waals surface area contributed by atoms with Gasteiger partial charge in [0.1, 0.15) is 18.2 Å². The fraction of sp³-hybridized carbons (Fsp3) is 0.238. The standard InChI is InChI=1S/C21H22FN5O3S/c1-15-25-13-17(16-7-10-23-11-8-16)19(26-15)9-12-24-21(28)14-27(31(2,29)30)20-6-4-3-5-18(20)22/h3-8,10-11,13H,9,12,14H2,1-2H3,(H,24,28). The highest BCUT2D eigenvalue weighted by molar-refractivity contribution is 7.92. The predicted molar refractivity (Wildman–Crippen MR) is 115 cm³/mol. The Morgan fingerprint density at radius 1 is 1.16 bits per heavy atom. The summed E-state index contributed by atoms with van der Waals surface area (Å²) in [4.78, 5) is 25.1. The average molecular weight is 444 g/mol. The Bertz CT molecular complexity index is 1170. The first-order valence-electron chi connectivity index (χ1n) is 9.47. The minimum absolute atomic E-state index is 0.174. The number of benzene rings is 1. The lowest BCUT2D eigenvalue weighted by Crippen LogP contribution is -2.41. The van der Waals surface area contributed by atoms with Crippen LogP contribution in [0.1, 0.15) is 11.5 Å². The van der Waals surface area contributed by atoms with Gasteiger partial charge in [0.05, 0.1) is 17.6 Å². The number of sulfonamides is 1. The van der Waals surface area contributed by atoms with Crippen molar-refractivity contribution in [3.8, 4) is 11.1 Å². The molecule has 0 unspecified atom stereocenters. The van der Waals surface area contributed by atoms with Gasteiger partial charge < -0.3 is 5.32 Å². The van der Waals surface area contributed by atoms with E-state index in [0.29, 0.717) is 12.2 Å². The highest BCUT2D eigenvalue weighted by atomic mass is 32.2. The number of anilines is 1. The van der Waals surface area contributed by atoms with Gasteiger partial charge >= 0.3 is 0 Å². The number of carbonyl (C=O) groups excluding carboxylic acids is 1. The van der Waals surface area contributed by atoms with Gasteiger partial charge in [-0.2, -0.15) is 0 Å². The fourth-order valence-electron chi connectivity index (χ4n) is 3.02. The van der Waals surface area contributed by atoms with Gasteiger partial charge in [0.25, 0.3) is 0 Å². The zero-order valence-electron chi connectivity index (χ0n) is 17.1. The van der Waals surface area contributed by atoms with E-state index in [4.69, 9.17) is 0 Å². The van der Waals surface area contributed by atoms with Gasteiger partial charge in [0.15, 0.2) is 0 Å². The monoisotopic (exact) mass is 443 g/mol. The number of aryl methyl sites for hydroxylation is 1. The van der Waals surface area contributed by atoms with Crippen LogP contribution in [-0.4, -0.2) is 48.6 Å². The molecular weight excluding hydrogens is 421 g/mol. The highest BCUT2D eigenvalue weighted by Gasteiger charge is 2.23. The SMILES string of the molecule is Cc1ncc(-c2ccncc2)c(CCNC(=O)CN(c2ccccc2F)S(C)(=O)=O)n1. The second-order valence-electron chi connectivity index (χ2n) is 6.83. The lowest BCUT2D eigenvalue weighted by Gasteiger charge is -2.22. The molecule has 162 valence electrons. The van der Waals surface area contributed by atoms with Crippen LogP contribution in [0, 0.1) is 12.7 Å². The zero-order chi connectivity index (χ0) is 22.4. The molecule has 31 heavy (non-hydrogen) atoms. The maximum atomic E-state index is 14.1. The van der Waals surface area contributed by atoms with E-state index in [-0.39, 0.29) is 12.2 Å². The van der Waals surface area contributed by atoms with Crippen molar-refractivity contribution < 1.29 is 17.6 Å². The maximum absolute atomic E-state index is 14.1. The lowest BCUT2D eigenvalue weighted by molar-refractivity contribution is -0.119. The lowest BCUT2D eigenvalue weighted by atomic mass is 10.1. The molecule has 0 spiro atoms. The van der Waals surface area contributed by atoms with Gasteiger partial charge in [-0.3, -0.25) is 14.1 Å². The normalized spacial score (nSPS) is 11.2. The van der Waals surface area contributed by atoms with Gasteiger partial charge in [0, 0.05) is 37.1 Å². The van der Waals surface area contributed by atoms with E-state index >= 15 is 0 Å². The highest BCUT2D eigenvalue weighted by Crippen LogP contribution is 2.22. The molecule has 10 heteroatoms. The molecule has 3 rings (SSSR count). The van der Waals surface area contributed by atoms with Crippen LogP contribution in [0.25, 0.3) is 11.1 Å². The Labute approximate surface area is 180 Å². The molecule has 0 aliphatic rings. The summed E-state index contributed by atoms with van der Waals surface area (Å²) in [6.45, 7) is 1.47. The molecule has 8 nitrogen and oxygen atoms in total. The Balaban J connectivity index is 1.69. The average Bonchev–Trinajstić information content (AvgIpc) is 2.73. The summed E-state index contributed by atoms with van der Waals surface area (Å²) in [6.07, 6.45) is 6.40. The topological polar surface area (TPSA) is 105 Å². The number of aromatic nitrogens is 3. The van der Waals surface area contributed by atoms with Crippen LogP contribution in [-0.2, 0) is 21.2 Å². The van der Waals surface area contributed by atoms with Gasteiger partial charge in [-0.1, -0.05) is 12.1 Å². The van der Waals surface area contributed by atoms with E-state index < -0.39 is 28.3 Å². The van der Waals surface area contributed by atoms with E-state index in [1.165, 1.54) is 18.2 Å². The number of nitrogens with one attached hydrogen (secondary N) is 1. The second kappa shape index (κ2) is 9.61. The Hall–Kier alpha value is -3.40. The number of hydrogen-bond donors (Lipinski definition) is 1. The summed E-state index contributed by atoms with van der Waals surface area (Å²) in [6, 6.07) is 9.09. The van der Waals surface area contributed by atoms with Gasteiger partial charge in [-0.25, -0.2) is 22.8 Å². The molecule has 0 atom stereocenters. The molecule has 0 radical (unpaired) electrons. The van der Waals surface area contributed by atoms with Crippen molar-refractivity contribution in [2.24, 2.45) is 0 Å². The van der Waals surface area contributed by atoms with Crippen molar-refractivity contribution in [3.63, 3.8) is 0 Å². The summed E-state index contributed by atoms with van der Waals surface area (Å²) in [5.41, 5.74) is 2.30. The van der Waals surface area contributed by atoms with E-state index in [9.17, 15) is 17.6 Å². The smallest absolute Gasteiger partial charge is 0.240 e. The molecule has 3 aromatic rings. The molecule has 1 aromatic carbocycles. The third-order valence-electron chi connectivity index (χ3n) is 4.47. The molecule has 1 amide bonds. The minimum atomic E-state index is -3.86. The van der Waals surface area contributed by atoms with Crippen LogP contribution < -0.4 is 9.62 Å². The van der Waals surface area contributed by atoms with Crippen molar-refractivity contribution >= 4 is 21.6 Å². The summed E-state index contributed by atoms with van der Waals surface area (Å²) in [7, 11) is -3.86. The van der Waals surface area contributed by atoms with Crippen LogP contribution in [0.5, 0.6) is 0 Å². The number of halogens is 1. The quantitative estimate of drug-likeness (QED) is 0.572. The van der Waals surface area contributed by atoms with Gasteiger partial charge in [-0.15, -0.1) is 0 Å². The maximum Gasteiger partial charge on any atom is 0.240 e. The molecule has 0 saturated carbocycles. The van der Waals surface area contributed by atoms with E-state index in [0.717, 1.165) is 33.4 Å². The van der Waals surface area contributed by atoms with E-state index in [1.807, 2.05) is 12.1 Å². The molecule has 0 aliphatic carbocycles. The van der Waals surface area contributed by atoms with Crippen molar-refractivity contribution in [1.82, 2.24) is 20.3 Å². The van der Waals surface area contributed by atoms with Crippen LogP contribution in [0.2, 0.25) is 0 Å². The third kappa shape index (κ3) is 5.82. The molecule has 1 N–H and O–H groups in total. The van der Waals surface area contributed by atoms with Gasteiger partial charge in [0.2, 0.25) is 15.9 Å². The number of rotatable bonds is 8. The zero-order valence-corrected chi connectivity index (χ0v) is 17.9. The van der Waals surface area contributed by atoms with Crippen molar-refractivity contribution in [2.45, 2.75) is 13.3 Å². The predicted octanol–water partition coefficient (Wildman–Crippen LogP) is 2.11. The van der Waals surface area contributed by atoms with Crippen LogP contribution in [0.3, 0.4) is 0 Å². The number of nitrogens with zero attached hydrogens (tertiary/aromatic N) is 4. The first-order valence-corrected chi connectivity index (χ1v) is 11.3. The minimum Gasteiger partial charge on any atom is -0.354 e. The van der Waals surface area contributed by atoms with Crippen molar-refractivity contribution in [3.05, 3.63) is 72.3 Å². The van der Waals surface area contributed by atoms with Crippen LogP contribution in [0.4, 0.5) is 10.1 Å². The summed E-state index contributed by atoms with van der Waals surface area (Å²) in [5, 5.41) is 2.68. The van der Waals surface area contributed by atoms with Crippen LogP contribution >= 0.6 is 0 Å². The molecule has 0 aliphatic heterocycles. The largest absolute Gasteiger partial charge is 0.354 e. The summed E-state index contributed by atoms with van der Waals surface area (Å²) < 4.78 is 39.0. The van der Waals surface area contributed by atoms with E-state index in [2.05, 4.69) is 20.3 Å². The number of hydrogen-bond acceptors (Lipinski definition) is 6. The fourth-order valence-corrected chi connectivity index (χ4v) is 3.88. The number of amides is 1. The summed E-state index contributed by atoms with van der Waals surface area (Å²) >= 11 is 0. The molecule has 0 bridgehead atoms. The van der Waals surface area contributed by atoms with Gasteiger partial charge in [-0.05, 0) is 36.8 Å². The molecule has 0 fully saturated rings. The van der Waals surface area contributed by atoms with Crippen molar-refractivity contribution in [1.29, 1.82) is 0 Å². The number of para-hydroxylation sites is 1. The Morgan fingerprint density at radius 3 is 2.55 bits per heavy atom. The third-order valence-corrected chi connectivity index (χ3v) is 5.60. The molecule has 2 aromatic heterocycles. The molecule has 0 saturated heterocycles. The van der Waals surface area contributed by atoms with Crippen LogP contribution in [0.15, 0.2) is 55.0 Å². The molecule has 2 heterocycles. The number of pyridine rings is 1. The Kier molecular flexibility index (Phi) is 6.91. The molecular formula is C21H22FN5O3S. The summed E-state index contributed by atoms with van der Waals surface area (Å²) in [5.74, 6) is -0.675. The second-order valence-corrected chi connectivity index (χ2v) is 8.74. The first-order chi connectivity index (χ1) is 14.8.